The van der Waals surface area contributed by atoms with Crippen LogP contribution in [0, 0.1) is 11.8 Å². The number of imide groups is 1. The molecule has 7 nitrogen and oxygen atoms in total. The van der Waals surface area contributed by atoms with Gasteiger partial charge in [0.25, 0.3) is 5.91 Å². The van der Waals surface area contributed by atoms with Crippen molar-refractivity contribution in [3.63, 3.8) is 0 Å². The Morgan fingerprint density at radius 1 is 0.714 bits per heavy atom. The van der Waals surface area contributed by atoms with Gasteiger partial charge in [0, 0.05) is 17.5 Å². The summed E-state index contributed by atoms with van der Waals surface area (Å²) in [5, 5.41) is 2.63. The van der Waals surface area contributed by atoms with Gasteiger partial charge in [-0.3, -0.25) is 24.1 Å². The normalized spacial score (nSPS) is 23.4. The monoisotopic (exact) mass is 466 g/mol. The van der Waals surface area contributed by atoms with Crippen molar-refractivity contribution >= 4 is 29.4 Å². The smallest absolute Gasteiger partial charge is 0.326 e. The molecule has 0 unspecified atom stereocenters. The molecule has 3 amide bonds. The van der Waals surface area contributed by atoms with Crippen molar-refractivity contribution < 1.29 is 23.9 Å². The van der Waals surface area contributed by atoms with Crippen molar-refractivity contribution in [2.24, 2.45) is 11.8 Å². The van der Waals surface area contributed by atoms with E-state index in [9.17, 15) is 19.2 Å². The van der Waals surface area contributed by atoms with Crippen LogP contribution in [0.25, 0.3) is 0 Å². The van der Waals surface area contributed by atoms with Crippen molar-refractivity contribution in [1.82, 2.24) is 4.90 Å². The third-order valence-corrected chi connectivity index (χ3v) is 7.25. The molecule has 2 atom stereocenters. The predicted octanol–water partition coefficient (Wildman–Crippen LogP) is 3.06. The second-order valence-corrected chi connectivity index (χ2v) is 9.10. The molecule has 7 rings (SSSR count). The Hall–Kier alpha value is -4.26. The molecule has 3 aromatic rings. The Balaban J connectivity index is 1.20. The lowest BCUT2D eigenvalue weighted by molar-refractivity contribution is -0.154. The standard InChI is InChI=1S/C28H22N2O5/c31-21(29-16-8-2-1-3-9-16)15-35-22(32)14-30-27(33)25-23-17-10-4-5-11-18(17)24(26(25)28(30)34)20-13-7-6-12-19(20)23/h1-13,23-26H,14-15H2,(H,29,31)/t23?,24?,25-,26-/m0/s1. The van der Waals surface area contributed by atoms with Crippen LogP contribution in [0.5, 0.6) is 0 Å². The Bertz CT molecular complexity index is 1250. The van der Waals surface area contributed by atoms with Crippen molar-refractivity contribution in [2.75, 3.05) is 18.5 Å². The number of amides is 3. The van der Waals surface area contributed by atoms with Gasteiger partial charge in [-0.15, -0.1) is 0 Å². The van der Waals surface area contributed by atoms with Gasteiger partial charge in [-0.25, -0.2) is 0 Å². The van der Waals surface area contributed by atoms with Gasteiger partial charge >= 0.3 is 5.97 Å². The zero-order valence-corrected chi connectivity index (χ0v) is 18.7. The van der Waals surface area contributed by atoms with Gasteiger partial charge in [-0.1, -0.05) is 66.7 Å². The van der Waals surface area contributed by atoms with Crippen LogP contribution in [0.4, 0.5) is 5.69 Å². The third-order valence-electron chi connectivity index (χ3n) is 7.25. The maximum atomic E-state index is 13.5. The van der Waals surface area contributed by atoms with Crippen molar-refractivity contribution in [1.29, 1.82) is 0 Å². The summed E-state index contributed by atoms with van der Waals surface area (Å²) >= 11 is 0. The molecule has 1 N–H and O–H groups in total. The van der Waals surface area contributed by atoms with E-state index in [0.29, 0.717) is 5.69 Å². The van der Waals surface area contributed by atoms with Crippen LogP contribution in [-0.4, -0.2) is 41.7 Å². The summed E-state index contributed by atoms with van der Waals surface area (Å²) in [5.41, 5.74) is 4.86. The topological polar surface area (TPSA) is 92.8 Å². The fraction of sp³-hybridized carbons (Fsp3) is 0.214. The summed E-state index contributed by atoms with van der Waals surface area (Å²) in [7, 11) is 0. The van der Waals surface area contributed by atoms with Crippen molar-refractivity contribution in [3.8, 4) is 0 Å². The summed E-state index contributed by atoms with van der Waals surface area (Å²) in [6.45, 7) is -1.01. The number of likely N-dealkylation sites (tertiary alicyclic amines) is 1. The number of hydrogen-bond donors (Lipinski definition) is 1. The molecule has 35 heavy (non-hydrogen) atoms. The molecule has 0 spiro atoms. The van der Waals surface area contributed by atoms with Gasteiger partial charge in [0.2, 0.25) is 11.8 Å². The molecule has 4 aliphatic rings. The van der Waals surface area contributed by atoms with Gasteiger partial charge < -0.3 is 10.1 Å². The lowest BCUT2D eigenvalue weighted by Crippen LogP contribution is -2.41. The number of esters is 1. The Morgan fingerprint density at radius 3 is 1.66 bits per heavy atom. The molecule has 0 radical (unpaired) electrons. The number of carbonyl (C=O) groups is 4. The highest BCUT2D eigenvalue weighted by Gasteiger charge is 2.61. The first kappa shape index (κ1) is 21.3. The first-order valence-corrected chi connectivity index (χ1v) is 11.6. The van der Waals surface area contributed by atoms with E-state index in [4.69, 9.17) is 4.74 Å². The van der Waals surface area contributed by atoms with E-state index in [1.54, 1.807) is 24.3 Å². The molecule has 2 bridgehead atoms. The van der Waals surface area contributed by atoms with E-state index in [0.717, 1.165) is 27.2 Å². The second kappa shape index (κ2) is 8.20. The second-order valence-electron chi connectivity index (χ2n) is 9.10. The molecule has 1 heterocycles. The fourth-order valence-electron chi connectivity index (χ4n) is 5.93. The molecule has 7 heteroatoms. The van der Waals surface area contributed by atoms with Crippen LogP contribution in [-0.2, 0) is 23.9 Å². The highest BCUT2D eigenvalue weighted by molar-refractivity contribution is 6.09. The van der Waals surface area contributed by atoms with E-state index < -0.39 is 36.9 Å². The molecular weight excluding hydrogens is 444 g/mol. The molecule has 0 saturated carbocycles. The average Bonchev–Trinajstić information content (AvgIpc) is 3.13. The van der Waals surface area contributed by atoms with Gasteiger partial charge in [0.05, 0.1) is 11.8 Å². The largest absolute Gasteiger partial charge is 0.454 e. The summed E-state index contributed by atoms with van der Waals surface area (Å²) in [4.78, 5) is 52.6. The van der Waals surface area contributed by atoms with Gasteiger partial charge in [-0.05, 0) is 34.4 Å². The van der Waals surface area contributed by atoms with Crippen LogP contribution in [0.15, 0.2) is 78.9 Å². The zero-order chi connectivity index (χ0) is 24.1. The molecule has 1 fully saturated rings. The van der Waals surface area contributed by atoms with E-state index in [1.807, 2.05) is 54.6 Å². The van der Waals surface area contributed by atoms with Crippen LogP contribution in [0.3, 0.4) is 0 Å². The SMILES string of the molecule is O=C(COC(=O)CN1C(=O)[C@H]2C3c4ccccc4C(c4ccccc43)[C@@H]2C1=O)Nc1ccccc1. The molecular formula is C28H22N2O5. The van der Waals surface area contributed by atoms with E-state index >= 15 is 0 Å². The zero-order valence-electron chi connectivity index (χ0n) is 18.7. The molecule has 3 aromatic carbocycles. The number of nitrogens with zero attached hydrogens (tertiary/aromatic N) is 1. The first-order valence-electron chi connectivity index (χ1n) is 11.6. The molecule has 1 saturated heterocycles. The highest BCUT2D eigenvalue weighted by atomic mass is 16.5. The maximum Gasteiger partial charge on any atom is 0.326 e. The lowest BCUT2D eigenvalue weighted by Gasteiger charge is -2.45. The highest BCUT2D eigenvalue weighted by Crippen LogP contribution is 2.60. The van der Waals surface area contributed by atoms with E-state index in [1.165, 1.54) is 0 Å². The number of anilines is 1. The number of para-hydroxylation sites is 1. The first-order chi connectivity index (χ1) is 17.0. The Labute approximate surface area is 201 Å². The third kappa shape index (κ3) is 3.34. The predicted molar refractivity (Wildman–Crippen MR) is 126 cm³/mol. The van der Waals surface area contributed by atoms with Crippen LogP contribution in [0.2, 0.25) is 0 Å². The fourth-order valence-corrected chi connectivity index (χ4v) is 5.93. The minimum Gasteiger partial charge on any atom is -0.454 e. The quantitative estimate of drug-likeness (QED) is 0.461. The van der Waals surface area contributed by atoms with Gasteiger partial charge in [-0.2, -0.15) is 0 Å². The average molecular weight is 466 g/mol. The summed E-state index contributed by atoms with van der Waals surface area (Å²) in [5.74, 6) is -3.57. The molecule has 0 aromatic heterocycles. The number of carbonyl (C=O) groups excluding carboxylic acids is 4. The summed E-state index contributed by atoms with van der Waals surface area (Å²) in [6, 6.07) is 24.7. The number of rotatable bonds is 5. The number of ether oxygens (including phenoxy) is 1. The number of nitrogens with one attached hydrogen (secondary N) is 1. The minimum atomic E-state index is -0.795. The Kier molecular flexibility index (Phi) is 4.99. The molecule has 3 aliphatic carbocycles. The summed E-state index contributed by atoms with van der Waals surface area (Å²) < 4.78 is 5.08. The Morgan fingerprint density at radius 2 is 1.17 bits per heavy atom. The lowest BCUT2D eigenvalue weighted by atomic mass is 9.55. The van der Waals surface area contributed by atoms with Crippen molar-refractivity contribution in [2.45, 2.75) is 11.8 Å². The van der Waals surface area contributed by atoms with Crippen molar-refractivity contribution in [3.05, 3.63) is 101 Å². The van der Waals surface area contributed by atoms with Crippen LogP contribution < -0.4 is 5.32 Å². The molecule has 1 aliphatic heterocycles. The number of benzene rings is 3. The van der Waals surface area contributed by atoms with Gasteiger partial charge in [0.1, 0.15) is 6.54 Å². The molecule has 174 valence electrons. The van der Waals surface area contributed by atoms with Crippen LogP contribution >= 0.6 is 0 Å². The van der Waals surface area contributed by atoms with E-state index in [-0.39, 0.29) is 23.7 Å². The minimum absolute atomic E-state index is 0.230. The summed E-state index contributed by atoms with van der Waals surface area (Å²) in [6.07, 6.45) is 0. The number of hydrogen-bond acceptors (Lipinski definition) is 5. The van der Waals surface area contributed by atoms with Gasteiger partial charge in [0.15, 0.2) is 6.61 Å². The van der Waals surface area contributed by atoms with E-state index in [2.05, 4.69) is 5.32 Å². The maximum absolute atomic E-state index is 13.5. The van der Waals surface area contributed by atoms with Crippen LogP contribution in [0.1, 0.15) is 34.1 Å².